The summed E-state index contributed by atoms with van der Waals surface area (Å²) in [7, 11) is 1.63. The first-order valence-corrected chi connectivity index (χ1v) is 11.7. The molecule has 0 unspecified atom stereocenters. The van der Waals surface area contributed by atoms with E-state index >= 15 is 0 Å². The van der Waals surface area contributed by atoms with Crippen molar-refractivity contribution in [3.8, 4) is 23.1 Å². The van der Waals surface area contributed by atoms with Gasteiger partial charge >= 0.3 is 0 Å². The highest BCUT2D eigenvalue weighted by Crippen LogP contribution is 2.37. The number of aryl methyl sites for hydroxylation is 1. The standard InChI is InChI=1S/C27H33N3O3/c1-19(2)29(26(31)21-12-8-9-13-21)18-23-20(3)28-30(22-14-6-5-7-15-22)27(23)33-25-17-11-10-16-24(25)32-4/h5-7,10-11,14-17,19,21H,8-9,12-13,18H2,1-4H3. The van der Waals surface area contributed by atoms with Crippen molar-refractivity contribution in [3.05, 3.63) is 65.9 Å². The lowest BCUT2D eigenvalue weighted by Gasteiger charge is -2.29. The largest absolute Gasteiger partial charge is 0.493 e. The molecule has 3 aromatic rings. The van der Waals surface area contributed by atoms with E-state index < -0.39 is 0 Å². The molecule has 1 heterocycles. The minimum absolute atomic E-state index is 0.0803. The van der Waals surface area contributed by atoms with Gasteiger partial charge in [0, 0.05) is 12.0 Å². The third kappa shape index (κ3) is 4.90. The maximum absolute atomic E-state index is 13.4. The van der Waals surface area contributed by atoms with Gasteiger partial charge in [0.15, 0.2) is 11.5 Å². The van der Waals surface area contributed by atoms with E-state index in [1.165, 1.54) is 0 Å². The van der Waals surface area contributed by atoms with Crippen LogP contribution in [0.15, 0.2) is 54.6 Å². The number of carbonyl (C=O) groups is 1. The average molecular weight is 448 g/mol. The lowest BCUT2D eigenvalue weighted by atomic mass is 10.0. The Bertz CT molecular complexity index is 1090. The van der Waals surface area contributed by atoms with Crippen molar-refractivity contribution in [1.82, 2.24) is 14.7 Å². The first-order chi connectivity index (χ1) is 16.0. The van der Waals surface area contributed by atoms with Crippen molar-refractivity contribution in [3.63, 3.8) is 0 Å². The Kier molecular flexibility index (Phi) is 7.02. The van der Waals surface area contributed by atoms with Crippen LogP contribution >= 0.6 is 0 Å². The molecule has 6 heteroatoms. The molecule has 0 N–H and O–H groups in total. The molecule has 1 amide bonds. The Labute approximate surface area is 196 Å². The van der Waals surface area contributed by atoms with E-state index in [9.17, 15) is 4.79 Å². The van der Waals surface area contributed by atoms with Crippen molar-refractivity contribution in [2.24, 2.45) is 5.92 Å². The van der Waals surface area contributed by atoms with Gasteiger partial charge in [0.2, 0.25) is 11.8 Å². The quantitative estimate of drug-likeness (QED) is 0.431. The van der Waals surface area contributed by atoms with E-state index in [-0.39, 0.29) is 17.9 Å². The average Bonchev–Trinajstić information content (AvgIpc) is 3.47. The highest BCUT2D eigenvalue weighted by atomic mass is 16.5. The van der Waals surface area contributed by atoms with Crippen LogP contribution in [0, 0.1) is 12.8 Å². The van der Waals surface area contributed by atoms with Crippen LogP contribution in [-0.2, 0) is 11.3 Å². The van der Waals surface area contributed by atoms with Gasteiger partial charge in [-0.3, -0.25) is 4.79 Å². The minimum atomic E-state index is 0.0803. The zero-order valence-electron chi connectivity index (χ0n) is 20.0. The third-order valence-corrected chi connectivity index (χ3v) is 6.35. The van der Waals surface area contributed by atoms with E-state index in [4.69, 9.17) is 14.6 Å². The molecule has 33 heavy (non-hydrogen) atoms. The first kappa shape index (κ1) is 22.9. The van der Waals surface area contributed by atoms with Gasteiger partial charge in [0.25, 0.3) is 0 Å². The molecule has 0 spiro atoms. The molecule has 0 aliphatic heterocycles. The molecule has 1 aliphatic carbocycles. The summed E-state index contributed by atoms with van der Waals surface area (Å²) >= 11 is 0. The van der Waals surface area contributed by atoms with Gasteiger partial charge in [-0.15, -0.1) is 0 Å². The molecule has 0 radical (unpaired) electrons. The molecule has 2 aromatic carbocycles. The fourth-order valence-corrected chi connectivity index (χ4v) is 4.47. The first-order valence-electron chi connectivity index (χ1n) is 11.7. The molecular formula is C27H33N3O3. The number of ether oxygens (including phenoxy) is 2. The van der Waals surface area contributed by atoms with E-state index in [0.29, 0.717) is 23.9 Å². The second kappa shape index (κ2) is 10.1. The van der Waals surface area contributed by atoms with Crippen LogP contribution in [0.3, 0.4) is 0 Å². The van der Waals surface area contributed by atoms with Crippen molar-refractivity contribution < 1.29 is 14.3 Å². The van der Waals surface area contributed by atoms with E-state index in [1.54, 1.807) is 7.11 Å². The number of benzene rings is 2. The molecule has 6 nitrogen and oxygen atoms in total. The third-order valence-electron chi connectivity index (χ3n) is 6.35. The van der Waals surface area contributed by atoms with Gasteiger partial charge in [-0.2, -0.15) is 5.10 Å². The number of methoxy groups -OCH3 is 1. The normalized spacial score (nSPS) is 14.0. The molecule has 0 bridgehead atoms. The molecule has 0 atom stereocenters. The van der Waals surface area contributed by atoms with Crippen LogP contribution in [0.25, 0.3) is 5.69 Å². The van der Waals surface area contributed by atoms with Crippen LogP contribution in [0.5, 0.6) is 17.4 Å². The highest BCUT2D eigenvalue weighted by molar-refractivity contribution is 5.79. The number of rotatable bonds is 8. The van der Waals surface area contributed by atoms with Crippen LogP contribution in [0.2, 0.25) is 0 Å². The second-order valence-corrected chi connectivity index (χ2v) is 8.91. The van der Waals surface area contributed by atoms with Crippen molar-refractivity contribution in [2.75, 3.05) is 7.11 Å². The SMILES string of the molecule is COc1ccccc1Oc1c(CN(C(=O)C2CCCC2)C(C)C)c(C)nn1-c1ccccc1. The number of aromatic nitrogens is 2. The molecule has 1 fully saturated rings. The van der Waals surface area contributed by atoms with Crippen LogP contribution < -0.4 is 9.47 Å². The Morgan fingerprint density at radius 3 is 2.33 bits per heavy atom. The fraction of sp³-hybridized carbons (Fsp3) is 0.407. The van der Waals surface area contributed by atoms with Gasteiger partial charge < -0.3 is 14.4 Å². The Morgan fingerprint density at radius 2 is 1.70 bits per heavy atom. The van der Waals surface area contributed by atoms with Crippen molar-refractivity contribution in [2.45, 2.75) is 59.0 Å². The number of nitrogens with zero attached hydrogens (tertiary/aromatic N) is 3. The van der Waals surface area contributed by atoms with Gasteiger partial charge in [0.05, 0.1) is 30.6 Å². The van der Waals surface area contributed by atoms with Crippen molar-refractivity contribution in [1.29, 1.82) is 0 Å². The molecule has 0 saturated heterocycles. The topological polar surface area (TPSA) is 56.6 Å². The molecule has 1 saturated carbocycles. The summed E-state index contributed by atoms with van der Waals surface area (Å²) in [5.41, 5.74) is 2.65. The van der Waals surface area contributed by atoms with Crippen LogP contribution in [-0.4, -0.2) is 33.7 Å². The van der Waals surface area contributed by atoms with E-state index in [1.807, 2.05) is 71.1 Å². The monoisotopic (exact) mass is 447 g/mol. The molecule has 174 valence electrons. The smallest absolute Gasteiger partial charge is 0.228 e. The van der Waals surface area contributed by atoms with Crippen molar-refractivity contribution >= 4 is 5.91 Å². The predicted molar refractivity (Wildman–Crippen MR) is 129 cm³/mol. The number of hydrogen-bond acceptors (Lipinski definition) is 4. The van der Waals surface area contributed by atoms with Gasteiger partial charge in [0.1, 0.15) is 0 Å². The summed E-state index contributed by atoms with van der Waals surface area (Å²) in [5, 5.41) is 4.81. The van der Waals surface area contributed by atoms with Gasteiger partial charge in [-0.05, 0) is 57.9 Å². The Hall–Kier alpha value is -3.28. The Morgan fingerprint density at radius 1 is 1.06 bits per heavy atom. The summed E-state index contributed by atoms with van der Waals surface area (Å²) in [6.07, 6.45) is 4.23. The number of para-hydroxylation sites is 3. The Balaban J connectivity index is 1.76. The zero-order valence-corrected chi connectivity index (χ0v) is 20.0. The summed E-state index contributed by atoms with van der Waals surface area (Å²) < 4.78 is 13.8. The van der Waals surface area contributed by atoms with Crippen LogP contribution in [0.4, 0.5) is 0 Å². The lowest BCUT2D eigenvalue weighted by Crippen LogP contribution is -2.40. The summed E-state index contributed by atoms with van der Waals surface area (Å²) in [6.45, 7) is 6.58. The maximum Gasteiger partial charge on any atom is 0.228 e. The summed E-state index contributed by atoms with van der Waals surface area (Å²) in [4.78, 5) is 15.4. The van der Waals surface area contributed by atoms with E-state index in [2.05, 4.69) is 13.8 Å². The molecule has 4 rings (SSSR count). The maximum atomic E-state index is 13.4. The fourth-order valence-electron chi connectivity index (χ4n) is 4.47. The number of hydrogen-bond donors (Lipinski definition) is 0. The molecule has 1 aromatic heterocycles. The second-order valence-electron chi connectivity index (χ2n) is 8.91. The summed E-state index contributed by atoms with van der Waals surface area (Å²) in [5.74, 6) is 2.21. The summed E-state index contributed by atoms with van der Waals surface area (Å²) in [6, 6.07) is 17.6. The minimum Gasteiger partial charge on any atom is -0.493 e. The molecule has 1 aliphatic rings. The number of amides is 1. The molecular weight excluding hydrogens is 414 g/mol. The predicted octanol–water partition coefficient (Wildman–Crippen LogP) is 5.91. The van der Waals surface area contributed by atoms with E-state index in [0.717, 1.165) is 42.6 Å². The lowest BCUT2D eigenvalue weighted by molar-refractivity contribution is -0.137. The van der Waals surface area contributed by atoms with Crippen LogP contribution in [0.1, 0.15) is 50.8 Å². The van der Waals surface area contributed by atoms with Gasteiger partial charge in [-0.25, -0.2) is 4.68 Å². The highest BCUT2D eigenvalue weighted by Gasteiger charge is 2.31. The van der Waals surface area contributed by atoms with Gasteiger partial charge in [-0.1, -0.05) is 43.2 Å². The number of carbonyl (C=O) groups excluding carboxylic acids is 1. The zero-order chi connectivity index (χ0) is 23.4.